The summed E-state index contributed by atoms with van der Waals surface area (Å²) in [7, 11) is -3.10. The van der Waals surface area contributed by atoms with Crippen LogP contribution in [0.5, 0.6) is 0 Å². The van der Waals surface area contributed by atoms with Gasteiger partial charge >= 0.3 is 7.60 Å². The van der Waals surface area contributed by atoms with Crippen molar-refractivity contribution >= 4 is 13.4 Å². The quantitative estimate of drug-likeness (QED) is 0.555. The van der Waals surface area contributed by atoms with Gasteiger partial charge in [-0.15, -0.1) is 0 Å². The van der Waals surface area contributed by atoms with Gasteiger partial charge in [-0.2, -0.15) is 0 Å². The highest BCUT2D eigenvalue weighted by Gasteiger charge is 2.22. The molecule has 17 heavy (non-hydrogen) atoms. The van der Waals surface area contributed by atoms with Crippen LogP contribution in [-0.2, 0) is 13.6 Å². The molecule has 94 valence electrons. The van der Waals surface area contributed by atoms with Crippen molar-refractivity contribution in [1.82, 2.24) is 0 Å². The lowest BCUT2D eigenvalue weighted by Gasteiger charge is -2.15. The minimum atomic E-state index is -3.10. The predicted octanol–water partition coefficient (Wildman–Crippen LogP) is 3.14. The molecule has 0 radical (unpaired) electrons. The third-order valence-corrected chi connectivity index (χ3v) is 4.15. The molecule has 1 atom stereocenters. The van der Waals surface area contributed by atoms with E-state index in [1.807, 2.05) is 6.07 Å². The number of benzene rings is 1. The second-order valence-electron chi connectivity index (χ2n) is 3.41. The van der Waals surface area contributed by atoms with Crippen LogP contribution in [0.3, 0.4) is 0 Å². The summed E-state index contributed by atoms with van der Waals surface area (Å²) in [5, 5.41) is 0. The lowest BCUT2D eigenvalue weighted by molar-refractivity contribution is 0.0900. The van der Waals surface area contributed by atoms with Gasteiger partial charge in [-0.25, -0.2) is 0 Å². The van der Waals surface area contributed by atoms with E-state index in [4.69, 9.17) is 9.05 Å². The number of hydrogen-bond acceptors (Lipinski definition) is 4. The van der Waals surface area contributed by atoms with Crippen molar-refractivity contribution < 1.29 is 18.4 Å². The fraction of sp³-hybridized carbons (Fsp3) is 0.417. The van der Waals surface area contributed by atoms with E-state index in [-0.39, 0.29) is 18.6 Å². The monoisotopic (exact) mass is 256 g/mol. The Morgan fingerprint density at radius 3 is 2.35 bits per heavy atom. The summed E-state index contributed by atoms with van der Waals surface area (Å²) in [5.41, 5.74) is 0.548. The van der Waals surface area contributed by atoms with Gasteiger partial charge in [-0.05, 0) is 6.92 Å². The molecule has 0 spiro atoms. The number of carbonyl (C=O) groups excluding carboxylic acids is 1. The number of hydrogen-bond donors (Lipinski definition) is 0. The summed E-state index contributed by atoms with van der Waals surface area (Å²) in [6.07, 6.45) is 0.267. The SMILES string of the molecule is CCOP(=O)(CC)OCC(=O)c1ccccc1. The molecular formula is C12H17O4P. The van der Waals surface area contributed by atoms with Crippen LogP contribution in [0.4, 0.5) is 0 Å². The van der Waals surface area contributed by atoms with Crippen LogP contribution in [0.15, 0.2) is 30.3 Å². The van der Waals surface area contributed by atoms with E-state index in [1.165, 1.54) is 0 Å². The molecule has 0 aliphatic heterocycles. The van der Waals surface area contributed by atoms with Crippen LogP contribution < -0.4 is 0 Å². The molecule has 0 saturated heterocycles. The summed E-state index contributed by atoms with van der Waals surface area (Å²) in [6, 6.07) is 8.77. The van der Waals surface area contributed by atoms with Crippen molar-refractivity contribution in [3.8, 4) is 0 Å². The lowest BCUT2D eigenvalue weighted by Crippen LogP contribution is -2.09. The number of ketones is 1. The summed E-state index contributed by atoms with van der Waals surface area (Å²) in [5.74, 6) is -0.195. The molecule has 0 heterocycles. The maximum absolute atomic E-state index is 11.9. The topological polar surface area (TPSA) is 52.6 Å². The molecule has 5 heteroatoms. The van der Waals surface area contributed by atoms with Crippen molar-refractivity contribution in [3.05, 3.63) is 35.9 Å². The average molecular weight is 256 g/mol. The number of rotatable bonds is 7. The van der Waals surface area contributed by atoms with Gasteiger partial charge in [0.25, 0.3) is 0 Å². The van der Waals surface area contributed by atoms with Crippen molar-refractivity contribution in [1.29, 1.82) is 0 Å². The van der Waals surface area contributed by atoms with Gasteiger partial charge in [-0.3, -0.25) is 9.36 Å². The first-order chi connectivity index (χ1) is 8.11. The van der Waals surface area contributed by atoms with Crippen molar-refractivity contribution in [2.45, 2.75) is 13.8 Å². The van der Waals surface area contributed by atoms with E-state index >= 15 is 0 Å². The third-order valence-electron chi connectivity index (χ3n) is 2.20. The molecule has 0 amide bonds. The van der Waals surface area contributed by atoms with E-state index in [9.17, 15) is 9.36 Å². The predicted molar refractivity (Wildman–Crippen MR) is 66.5 cm³/mol. The van der Waals surface area contributed by atoms with Crippen LogP contribution in [-0.4, -0.2) is 25.2 Å². The fourth-order valence-corrected chi connectivity index (χ4v) is 2.43. The zero-order chi connectivity index (χ0) is 12.7. The van der Waals surface area contributed by atoms with Gasteiger partial charge in [0.1, 0.15) is 6.61 Å². The van der Waals surface area contributed by atoms with Crippen LogP contribution in [0.2, 0.25) is 0 Å². The molecule has 1 rings (SSSR count). The van der Waals surface area contributed by atoms with Crippen LogP contribution in [0.25, 0.3) is 0 Å². The molecule has 0 saturated carbocycles. The van der Waals surface area contributed by atoms with Crippen LogP contribution in [0, 0.1) is 0 Å². The van der Waals surface area contributed by atoms with Gasteiger partial charge in [0.05, 0.1) is 6.61 Å². The Hall–Kier alpha value is -0.960. The van der Waals surface area contributed by atoms with Crippen molar-refractivity contribution in [2.24, 2.45) is 0 Å². The molecular weight excluding hydrogens is 239 g/mol. The molecule has 0 fully saturated rings. The first kappa shape index (κ1) is 14.1. The highest BCUT2D eigenvalue weighted by Crippen LogP contribution is 2.47. The Morgan fingerprint density at radius 1 is 1.18 bits per heavy atom. The maximum atomic E-state index is 11.9. The number of Topliss-reactive ketones (excluding diaryl/α,β-unsaturated/α-hetero) is 1. The maximum Gasteiger partial charge on any atom is 0.330 e. The highest BCUT2D eigenvalue weighted by atomic mass is 31.2. The third kappa shape index (κ3) is 4.43. The van der Waals surface area contributed by atoms with E-state index in [2.05, 4.69) is 0 Å². The largest absolute Gasteiger partial charge is 0.330 e. The Bertz CT molecular complexity index is 402. The Labute approximate surface area is 101 Å². The fourth-order valence-electron chi connectivity index (χ4n) is 1.28. The Kier molecular flexibility index (Phi) is 5.56. The summed E-state index contributed by atoms with van der Waals surface area (Å²) < 4.78 is 22.1. The van der Waals surface area contributed by atoms with Gasteiger partial charge in [0.15, 0.2) is 5.78 Å². The molecule has 0 bridgehead atoms. The summed E-state index contributed by atoms with van der Waals surface area (Å²) in [6.45, 7) is 3.55. The molecule has 0 aliphatic rings. The van der Waals surface area contributed by atoms with E-state index in [0.29, 0.717) is 12.2 Å². The smallest absolute Gasteiger partial charge is 0.309 e. The molecule has 1 aromatic carbocycles. The van der Waals surface area contributed by atoms with Crippen LogP contribution >= 0.6 is 7.60 Å². The first-order valence-electron chi connectivity index (χ1n) is 5.57. The van der Waals surface area contributed by atoms with Crippen LogP contribution in [0.1, 0.15) is 24.2 Å². The molecule has 0 aromatic heterocycles. The van der Waals surface area contributed by atoms with E-state index < -0.39 is 7.60 Å². The second kappa shape index (κ2) is 6.70. The first-order valence-corrected chi connectivity index (χ1v) is 7.30. The van der Waals surface area contributed by atoms with Gasteiger partial charge in [0, 0.05) is 11.7 Å². The zero-order valence-electron chi connectivity index (χ0n) is 10.1. The normalized spacial score (nSPS) is 14.2. The molecule has 0 N–H and O–H groups in total. The Balaban J connectivity index is 2.56. The lowest BCUT2D eigenvalue weighted by atomic mass is 10.1. The number of carbonyl (C=O) groups is 1. The highest BCUT2D eigenvalue weighted by molar-refractivity contribution is 7.53. The molecule has 0 aliphatic carbocycles. The van der Waals surface area contributed by atoms with Gasteiger partial charge in [0.2, 0.25) is 0 Å². The minimum Gasteiger partial charge on any atom is -0.309 e. The molecule has 1 aromatic rings. The zero-order valence-corrected chi connectivity index (χ0v) is 11.0. The van der Waals surface area contributed by atoms with Crippen molar-refractivity contribution in [2.75, 3.05) is 19.4 Å². The van der Waals surface area contributed by atoms with E-state index in [0.717, 1.165) is 0 Å². The standard InChI is InChI=1S/C12H17O4P/c1-3-15-17(14,4-2)16-10-12(13)11-8-6-5-7-9-11/h5-9H,3-4,10H2,1-2H3. The van der Waals surface area contributed by atoms with Gasteiger partial charge < -0.3 is 9.05 Å². The Morgan fingerprint density at radius 2 is 1.82 bits per heavy atom. The molecule has 1 unspecified atom stereocenters. The van der Waals surface area contributed by atoms with Gasteiger partial charge in [-0.1, -0.05) is 37.3 Å². The average Bonchev–Trinajstić information content (AvgIpc) is 2.37. The van der Waals surface area contributed by atoms with Crippen molar-refractivity contribution in [3.63, 3.8) is 0 Å². The van der Waals surface area contributed by atoms with E-state index in [1.54, 1.807) is 38.1 Å². The molecule has 4 nitrogen and oxygen atoms in total. The second-order valence-corrected chi connectivity index (χ2v) is 5.78. The minimum absolute atomic E-state index is 0.195. The summed E-state index contributed by atoms with van der Waals surface area (Å²) in [4.78, 5) is 11.7. The summed E-state index contributed by atoms with van der Waals surface area (Å²) >= 11 is 0.